The zero-order chi connectivity index (χ0) is 18.7. The van der Waals surface area contributed by atoms with Gasteiger partial charge in [-0.25, -0.2) is 0 Å². The van der Waals surface area contributed by atoms with E-state index in [1.54, 1.807) is 12.1 Å². The smallest absolute Gasteiger partial charge is 0.308 e. The summed E-state index contributed by atoms with van der Waals surface area (Å²) in [7, 11) is 1.49. The predicted octanol–water partition coefficient (Wildman–Crippen LogP) is 1.33. The Morgan fingerprint density at radius 1 is 1.38 bits per heavy atom. The maximum atomic E-state index is 12.4. The number of carboxylic acids is 1. The van der Waals surface area contributed by atoms with Crippen molar-refractivity contribution in [2.75, 3.05) is 26.7 Å². The number of aromatic nitrogens is 1. The molecule has 3 heterocycles. The van der Waals surface area contributed by atoms with E-state index in [9.17, 15) is 14.4 Å². The van der Waals surface area contributed by atoms with Gasteiger partial charge in [-0.1, -0.05) is 5.16 Å². The highest BCUT2D eigenvalue weighted by atomic mass is 16.5. The fourth-order valence-corrected chi connectivity index (χ4v) is 2.89. The summed E-state index contributed by atoms with van der Waals surface area (Å²) in [5.74, 6) is -1.45. The summed E-state index contributed by atoms with van der Waals surface area (Å²) in [4.78, 5) is 38.6. The van der Waals surface area contributed by atoms with E-state index in [2.05, 4.69) is 5.16 Å². The Hall–Kier alpha value is -3.10. The molecule has 1 N–H and O–H groups in total. The largest absolute Gasteiger partial charge is 0.481 e. The van der Waals surface area contributed by atoms with Crippen molar-refractivity contribution in [1.29, 1.82) is 0 Å². The van der Waals surface area contributed by atoms with Crippen molar-refractivity contribution in [2.45, 2.75) is 12.8 Å². The minimum Gasteiger partial charge on any atom is -0.481 e. The van der Waals surface area contributed by atoms with Crippen LogP contribution in [-0.4, -0.2) is 64.5 Å². The van der Waals surface area contributed by atoms with Gasteiger partial charge in [0.2, 0.25) is 11.7 Å². The van der Waals surface area contributed by atoms with Crippen LogP contribution in [0.2, 0.25) is 0 Å². The van der Waals surface area contributed by atoms with Crippen LogP contribution < -0.4 is 0 Å². The normalized spacial score (nSPS) is 17.1. The Kier molecular flexibility index (Phi) is 5.06. The summed E-state index contributed by atoms with van der Waals surface area (Å²) in [5.41, 5.74) is 0.0637. The quantitative estimate of drug-likeness (QED) is 0.853. The minimum absolute atomic E-state index is 0.0637. The Labute approximate surface area is 149 Å². The molecule has 1 aliphatic heterocycles. The highest BCUT2D eigenvalue weighted by molar-refractivity contribution is 5.95. The summed E-state index contributed by atoms with van der Waals surface area (Å²) in [5, 5.41) is 12.8. The first-order valence-corrected chi connectivity index (χ1v) is 8.22. The van der Waals surface area contributed by atoms with E-state index >= 15 is 0 Å². The maximum absolute atomic E-state index is 12.4. The fraction of sp³-hybridized carbons (Fsp3) is 0.412. The molecule has 26 heavy (non-hydrogen) atoms. The van der Waals surface area contributed by atoms with Gasteiger partial charge in [0.15, 0.2) is 11.5 Å². The summed E-state index contributed by atoms with van der Waals surface area (Å²) in [6.07, 6.45) is 2.67. The highest BCUT2D eigenvalue weighted by Gasteiger charge is 2.29. The average molecular weight is 361 g/mol. The molecule has 9 heteroatoms. The van der Waals surface area contributed by atoms with Gasteiger partial charge < -0.3 is 23.8 Å². The Bertz CT molecular complexity index is 797. The lowest BCUT2D eigenvalue weighted by molar-refractivity contribution is -0.145. The number of furan rings is 1. The first-order valence-electron chi connectivity index (χ1n) is 8.22. The molecule has 0 radical (unpaired) electrons. The number of hydrogen-bond donors (Lipinski definition) is 1. The van der Waals surface area contributed by atoms with Crippen LogP contribution in [0.25, 0.3) is 11.5 Å². The number of rotatable bonds is 5. The molecule has 1 aliphatic rings. The number of carboxylic acid groups (broad SMARTS) is 1. The second-order valence-electron chi connectivity index (χ2n) is 6.23. The van der Waals surface area contributed by atoms with Crippen molar-refractivity contribution < 1.29 is 28.4 Å². The van der Waals surface area contributed by atoms with Crippen LogP contribution in [0.5, 0.6) is 0 Å². The van der Waals surface area contributed by atoms with Gasteiger partial charge in [0.1, 0.15) is 0 Å². The second kappa shape index (κ2) is 7.42. The van der Waals surface area contributed by atoms with E-state index in [1.807, 2.05) is 0 Å². The van der Waals surface area contributed by atoms with Gasteiger partial charge >= 0.3 is 5.97 Å². The number of piperidine rings is 1. The molecule has 0 saturated carbocycles. The molecule has 138 valence electrons. The second-order valence-corrected chi connectivity index (χ2v) is 6.23. The van der Waals surface area contributed by atoms with Crippen molar-refractivity contribution in [3.05, 3.63) is 30.2 Å². The number of hydrogen-bond acceptors (Lipinski definition) is 6. The monoisotopic (exact) mass is 361 g/mol. The summed E-state index contributed by atoms with van der Waals surface area (Å²) < 4.78 is 10.3. The zero-order valence-electron chi connectivity index (χ0n) is 14.3. The van der Waals surface area contributed by atoms with Crippen LogP contribution in [0.15, 0.2) is 33.4 Å². The fourth-order valence-electron chi connectivity index (χ4n) is 2.89. The standard InChI is InChI=1S/C17H19N3O6/c1-19(10-15(21)20-6-2-4-11(9-20)17(23)24)16(22)12-8-14(26-18-12)13-5-3-7-25-13/h3,5,7-8,11H,2,4,6,9-10H2,1H3,(H,23,24). The summed E-state index contributed by atoms with van der Waals surface area (Å²) in [6, 6.07) is 4.81. The lowest BCUT2D eigenvalue weighted by Crippen LogP contribution is -2.46. The molecular formula is C17H19N3O6. The molecule has 1 atom stereocenters. The number of likely N-dealkylation sites (tertiary alicyclic amines) is 1. The lowest BCUT2D eigenvalue weighted by atomic mass is 9.98. The predicted molar refractivity (Wildman–Crippen MR) is 88.1 cm³/mol. The lowest BCUT2D eigenvalue weighted by Gasteiger charge is -2.31. The van der Waals surface area contributed by atoms with Gasteiger partial charge in [-0.05, 0) is 25.0 Å². The van der Waals surface area contributed by atoms with E-state index in [0.29, 0.717) is 30.9 Å². The number of carbonyl (C=O) groups excluding carboxylic acids is 2. The Morgan fingerprint density at radius 2 is 2.19 bits per heavy atom. The van der Waals surface area contributed by atoms with Gasteiger partial charge in [0.05, 0.1) is 18.7 Å². The molecule has 0 aromatic carbocycles. The van der Waals surface area contributed by atoms with Gasteiger partial charge in [0, 0.05) is 26.2 Å². The number of aliphatic carboxylic acids is 1. The number of amides is 2. The average Bonchev–Trinajstić information content (AvgIpc) is 3.32. The first kappa shape index (κ1) is 17.7. The van der Waals surface area contributed by atoms with Crippen LogP contribution in [0.1, 0.15) is 23.3 Å². The zero-order valence-corrected chi connectivity index (χ0v) is 14.3. The molecule has 9 nitrogen and oxygen atoms in total. The van der Waals surface area contributed by atoms with Crippen LogP contribution in [0.4, 0.5) is 0 Å². The molecular weight excluding hydrogens is 342 g/mol. The van der Waals surface area contributed by atoms with E-state index in [1.165, 1.54) is 29.2 Å². The van der Waals surface area contributed by atoms with Crippen LogP contribution in [0, 0.1) is 5.92 Å². The van der Waals surface area contributed by atoms with Crippen LogP contribution in [0.3, 0.4) is 0 Å². The van der Waals surface area contributed by atoms with Crippen molar-refractivity contribution in [3.63, 3.8) is 0 Å². The molecule has 0 bridgehead atoms. The van der Waals surface area contributed by atoms with E-state index in [-0.39, 0.29) is 24.7 Å². The SMILES string of the molecule is CN(CC(=O)N1CCCC(C(=O)O)C1)C(=O)c1cc(-c2ccco2)on1. The van der Waals surface area contributed by atoms with E-state index < -0.39 is 17.8 Å². The van der Waals surface area contributed by atoms with E-state index in [4.69, 9.17) is 14.0 Å². The van der Waals surface area contributed by atoms with Gasteiger partial charge in [-0.3, -0.25) is 14.4 Å². The summed E-state index contributed by atoms with van der Waals surface area (Å²) in [6.45, 7) is 0.508. The Balaban J connectivity index is 1.60. The molecule has 2 aromatic rings. The van der Waals surface area contributed by atoms with Crippen LogP contribution in [-0.2, 0) is 9.59 Å². The number of likely N-dealkylation sites (N-methyl/N-ethyl adjacent to an activating group) is 1. The molecule has 3 rings (SSSR count). The van der Waals surface area contributed by atoms with Gasteiger partial charge in [-0.2, -0.15) is 0 Å². The van der Waals surface area contributed by atoms with Gasteiger partial charge in [0.25, 0.3) is 5.91 Å². The molecule has 1 saturated heterocycles. The molecule has 0 aliphatic carbocycles. The van der Waals surface area contributed by atoms with Crippen molar-refractivity contribution in [2.24, 2.45) is 5.92 Å². The molecule has 0 spiro atoms. The van der Waals surface area contributed by atoms with Crippen LogP contribution >= 0.6 is 0 Å². The highest BCUT2D eigenvalue weighted by Crippen LogP contribution is 2.21. The molecule has 1 unspecified atom stereocenters. The third-order valence-electron chi connectivity index (χ3n) is 4.34. The van der Waals surface area contributed by atoms with Crippen molar-refractivity contribution in [1.82, 2.24) is 15.0 Å². The maximum Gasteiger partial charge on any atom is 0.308 e. The van der Waals surface area contributed by atoms with Gasteiger partial charge in [-0.15, -0.1) is 0 Å². The Morgan fingerprint density at radius 3 is 2.88 bits per heavy atom. The van der Waals surface area contributed by atoms with Crippen molar-refractivity contribution in [3.8, 4) is 11.5 Å². The van der Waals surface area contributed by atoms with Crippen molar-refractivity contribution >= 4 is 17.8 Å². The van der Waals surface area contributed by atoms with E-state index in [0.717, 1.165) is 0 Å². The molecule has 1 fully saturated rings. The molecule has 2 amide bonds. The minimum atomic E-state index is -0.903. The number of nitrogens with zero attached hydrogens (tertiary/aromatic N) is 3. The third-order valence-corrected chi connectivity index (χ3v) is 4.34. The number of carbonyl (C=O) groups is 3. The summed E-state index contributed by atoms with van der Waals surface area (Å²) >= 11 is 0. The topological polar surface area (TPSA) is 117 Å². The molecule has 2 aromatic heterocycles. The first-order chi connectivity index (χ1) is 12.5. The third kappa shape index (κ3) is 3.76.